The van der Waals surface area contributed by atoms with Crippen LogP contribution >= 0.6 is 11.6 Å². The molecule has 1 aromatic carbocycles. The summed E-state index contributed by atoms with van der Waals surface area (Å²) in [5.41, 5.74) is 2.03. The van der Waals surface area contributed by atoms with Crippen LogP contribution in [-0.4, -0.2) is 30.3 Å². The van der Waals surface area contributed by atoms with Crippen molar-refractivity contribution in [2.75, 3.05) is 24.6 Å². The zero-order valence-corrected chi connectivity index (χ0v) is 11.9. The van der Waals surface area contributed by atoms with Crippen molar-refractivity contribution in [3.63, 3.8) is 0 Å². The molecule has 4 heteroatoms. The standard InChI is InChI=1S/C15H17ClN2O/c1-15(2)10-18(7-8-19-15)14-5-6-17-13-9-11(16)3-4-12(13)14/h3-6,9H,7-8,10H2,1-2H3. The fourth-order valence-corrected chi connectivity index (χ4v) is 2.77. The minimum absolute atomic E-state index is 0.111. The zero-order chi connectivity index (χ0) is 13.5. The molecule has 3 nitrogen and oxygen atoms in total. The van der Waals surface area contributed by atoms with Gasteiger partial charge in [-0.15, -0.1) is 0 Å². The molecule has 19 heavy (non-hydrogen) atoms. The van der Waals surface area contributed by atoms with Crippen LogP contribution in [0.5, 0.6) is 0 Å². The monoisotopic (exact) mass is 276 g/mol. The first-order valence-electron chi connectivity index (χ1n) is 6.48. The number of ether oxygens (including phenoxy) is 1. The summed E-state index contributed by atoms with van der Waals surface area (Å²) in [6, 6.07) is 7.94. The van der Waals surface area contributed by atoms with Gasteiger partial charge in [0, 0.05) is 35.4 Å². The predicted molar refractivity (Wildman–Crippen MR) is 79.0 cm³/mol. The summed E-state index contributed by atoms with van der Waals surface area (Å²) in [5.74, 6) is 0. The molecule has 0 amide bonds. The van der Waals surface area contributed by atoms with E-state index in [9.17, 15) is 0 Å². The maximum absolute atomic E-state index is 6.03. The van der Waals surface area contributed by atoms with Gasteiger partial charge in [0.05, 0.1) is 17.7 Å². The van der Waals surface area contributed by atoms with Crippen molar-refractivity contribution in [1.29, 1.82) is 0 Å². The largest absolute Gasteiger partial charge is 0.372 e. The fraction of sp³-hybridized carbons (Fsp3) is 0.400. The second-order valence-electron chi connectivity index (χ2n) is 5.52. The third-order valence-electron chi connectivity index (χ3n) is 3.45. The van der Waals surface area contributed by atoms with Crippen LogP contribution in [0.25, 0.3) is 10.9 Å². The van der Waals surface area contributed by atoms with Crippen LogP contribution in [0.15, 0.2) is 30.5 Å². The van der Waals surface area contributed by atoms with E-state index in [1.54, 1.807) is 0 Å². The van der Waals surface area contributed by atoms with Crippen molar-refractivity contribution in [1.82, 2.24) is 4.98 Å². The summed E-state index contributed by atoms with van der Waals surface area (Å²) < 4.78 is 5.77. The van der Waals surface area contributed by atoms with Crippen molar-refractivity contribution in [3.8, 4) is 0 Å². The quantitative estimate of drug-likeness (QED) is 0.797. The van der Waals surface area contributed by atoms with E-state index in [-0.39, 0.29) is 5.60 Å². The third-order valence-corrected chi connectivity index (χ3v) is 3.68. The van der Waals surface area contributed by atoms with Gasteiger partial charge in [-0.2, -0.15) is 0 Å². The Morgan fingerprint density at radius 1 is 1.32 bits per heavy atom. The van der Waals surface area contributed by atoms with Crippen LogP contribution in [0, 0.1) is 0 Å². The van der Waals surface area contributed by atoms with Gasteiger partial charge in [-0.3, -0.25) is 4.98 Å². The van der Waals surface area contributed by atoms with Gasteiger partial charge >= 0.3 is 0 Å². The maximum Gasteiger partial charge on any atom is 0.0801 e. The molecule has 0 spiro atoms. The molecule has 1 saturated heterocycles. The predicted octanol–water partition coefficient (Wildman–Crippen LogP) is 3.50. The first kappa shape index (κ1) is 12.7. The number of hydrogen-bond acceptors (Lipinski definition) is 3. The highest BCUT2D eigenvalue weighted by molar-refractivity contribution is 6.31. The minimum Gasteiger partial charge on any atom is -0.372 e. The molecule has 1 fully saturated rings. The average molecular weight is 277 g/mol. The summed E-state index contributed by atoms with van der Waals surface area (Å²) >= 11 is 6.03. The Hall–Kier alpha value is -1.32. The maximum atomic E-state index is 6.03. The number of anilines is 1. The lowest BCUT2D eigenvalue weighted by Gasteiger charge is -2.39. The van der Waals surface area contributed by atoms with Crippen molar-refractivity contribution in [2.24, 2.45) is 0 Å². The summed E-state index contributed by atoms with van der Waals surface area (Å²) in [7, 11) is 0. The Balaban J connectivity index is 2.05. The number of rotatable bonds is 1. The van der Waals surface area contributed by atoms with Gasteiger partial charge in [0.1, 0.15) is 0 Å². The van der Waals surface area contributed by atoms with E-state index in [0.29, 0.717) is 0 Å². The van der Waals surface area contributed by atoms with Crippen molar-refractivity contribution in [2.45, 2.75) is 19.4 Å². The molecule has 2 aromatic rings. The molecule has 0 atom stereocenters. The van der Waals surface area contributed by atoms with E-state index in [4.69, 9.17) is 16.3 Å². The molecule has 1 aliphatic rings. The lowest BCUT2D eigenvalue weighted by atomic mass is 10.1. The minimum atomic E-state index is -0.111. The molecule has 0 unspecified atom stereocenters. The molecule has 1 aliphatic heterocycles. The van der Waals surface area contributed by atoms with E-state index < -0.39 is 0 Å². The lowest BCUT2D eigenvalue weighted by Crippen LogP contribution is -2.48. The third kappa shape index (κ3) is 2.53. The lowest BCUT2D eigenvalue weighted by molar-refractivity contribution is -0.0276. The molecule has 0 aliphatic carbocycles. The van der Waals surface area contributed by atoms with Gasteiger partial charge in [0.15, 0.2) is 0 Å². The Bertz CT molecular complexity index is 612. The highest BCUT2D eigenvalue weighted by Crippen LogP contribution is 2.30. The Morgan fingerprint density at radius 3 is 2.95 bits per heavy atom. The second-order valence-corrected chi connectivity index (χ2v) is 5.96. The van der Waals surface area contributed by atoms with Crippen molar-refractivity contribution < 1.29 is 4.74 Å². The molecule has 0 N–H and O–H groups in total. The zero-order valence-electron chi connectivity index (χ0n) is 11.2. The molecule has 0 bridgehead atoms. The molecule has 1 aromatic heterocycles. The molecular formula is C15H17ClN2O. The Morgan fingerprint density at radius 2 is 2.16 bits per heavy atom. The van der Waals surface area contributed by atoms with Crippen LogP contribution in [0.2, 0.25) is 5.02 Å². The number of benzene rings is 1. The molecule has 0 saturated carbocycles. The molecule has 0 radical (unpaired) electrons. The van der Waals surface area contributed by atoms with Gasteiger partial charge in [-0.05, 0) is 38.1 Å². The average Bonchev–Trinajstić information content (AvgIpc) is 2.36. The van der Waals surface area contributed by atoms with Crippen LogP contribution in [0.3, 0.4) is 0 Å². The summed E-state index contributed by atoms with van der Waals surface area (Å²) in [6.07, 6.45) is 1.84. The smallest absolute Gasteiger partial charge is 0.0801 e. The van der Waals surface area contributed by atoms with E-state index in [2.05, 4.69) is 29.8 Å². The van der Waals surface area contributed by atoms with E-state index >= 15 is 0 Å². The van der Waals surface area contributed by atoms with Crippen molar-refractivity contribution in [3.05, 3.63) is 35.5 Å². The Kier molecular flexibility index (Phi) is 3.11. The van der Waals surface area contributed by atoms with Crippen LogP contribution in [0.4, 0.5) is 5.69 Å². The molecule has 2 heterocycles. The first-order valence-corrected chi connectivity index (χ1v) is 6.86. The highest BCUT2D eigenvalue weighted by atomic mass is 35.5. The van der Waals surface area contributed by atoms with Gasteiger partial charge in [0.2, 0.25) is 0 Å². The fourth-order valence-electron chi connectivity index (χ4n) is 2.60. The molecule has 100 valence electrons. The van der Waals surface area contributed by atoms with Crippen molar-refractivity contribution >= 4 is 28.2 Å². The highest BCUT2D eigenvalue weighted by Gasteiger charge is 2.28. The number of fused-ring (bicyclic) bond motifs is 1. The van der Waals surface area contributed by atoms with E-state index in [1.165, 1.54) is 5.69 Å². The number of nitrogens with zero attached hydrogens (tertiary/aromatic N) is 2. The molecular weight excluding hydrogens is 260 g/mol. The number of hydrogen-bond donors (Lipinski definition) is 0. The van der Waals surface area contributed by atoms with Gasteiger partial charge in [0.25, 0.3) is 0 Å². The normalized spacial score (nSPS) is 18.8. The van der Waals surface area contributed by atoms with E-state index in [0.717, 1.165) is 35.6 Å². The van der Waals surface area contributed by atoms with Crippen LogP contribution in [0.1, 0.15) is 13.8 Å². The SMILES string of the molecule is CC1(C)CN(c2ccnc3cc(Cl)ccc23)CCO1. The number of pyridine rings is 1. The summed E-state index contributed by atoms with van der Waals surface area (Å²) in [6.45, 7) is 6.79. The van der Waals surface area contributed by atoms with E-state index in [1.807, 2.05) is 24.4 Å². The molecule has 3 rings (SSSR count). The number of morpholine rings is 1. The van der Waals surface area contributed by atoms with Gasteiger partial charge < -0.3 is 9.64 Å². The number of halogens is 1. The first-order chi connectivity index (χ1) is 9.05. The second kappa shape index (κ2) is 4.66. The number of aromatic nitrogens is 1. The van der Waals surface area contributed by atoms with Gasteiger partial charge in [-0.25, -0.2) is 0 Å². The van der Waals surface area contributed by atoms with Gasteiger partial charge in [-0.1, -0.05) is 11.6 Å². The summed E-state index contributed by atoms with van der Waals surface area (Å²) in [4.78, 5) is 6.75. The Labute approximate surface area is 118 Å². The van der Waals surface area contributed by atoms with Crippen LogP contribution in [-0.2, 0) is 4.74 Å². The topological polar surface area (TPSA) is 25.4 Å². The van der Waals surface area contributed by atoms with Crippen LogP contribution < -0.4 is 4.90 Å². The summed E-state index contributed by atoms with van der Waals surface area (Å²) in [5, 5.41) is 1.86.